The van der Waals surface area contributed by atoms with Crippen LogP contribution in [0, 0.1) is 10.8 Å². The minimum Gasteiger partial charge on any atom is -0.341 e. The zero-order valence-electron chi connectivity index (χ0n) is 14.4. The van der Waals surface area contributed by atoms with Gasteiger partial charge in [0.1, 0.15) is 0 Å². The lowest BCUT2D eigenvalue weighted by Crippen LogP contribution is -2.69. The lowest BCUT2D eigenvalue weighted by molar-refractivity contribution is -0.166. The third kappa shape index (κ3) is 3.88. The lowest BCUT2D eigenvalue weighted by Gasteiger charge is -2.55. The van der Waals surface area contributed by atoms with Gasteiger partial charge in [0.05, 0.1) is 10.8 Å². The molecule has 0 saturated carbocycles. The molecule has 0 aromatic rings. The van der Waals surface area contributed by atoms with E-state index < -0.39 is 10.8 Å². The fourth-order valence-electron chi connectivity index (χ4n) is 4.02. The average molecular weight is 377 g/mol. The number of halogens is 2. The van der Waals surface area contributed by atoms with E-state index in [0.29, 0.717) is 63.6 Å². The van der Waals surface area contributed by atoms with Crippen LogP contribution in [0.15, 0.2) is 0 Å². The largest absolute Gasteiger partial charge is 0.341 e. The summed E-state index contributed by atoms with van der Waals surface area (Å²) in [5.74, 6) is 1.16. The Labute approximate surface area is 153 Å². The number of ketones is 1. The normalized spacial score (nSPS) is 29.8. The summed E-state index contributed by atoms with van der Waals surface area (Å²) >= 11 is 11.4. The zero-order chi connectivity index (χ0) is 18.0. The van der Waals surface area contributed by atoms with Crippen LogP contribution < -0.4 is 0 Å². The highest BCUT2D eigenvalue weighted by Gasteiger charge is 2.57. The molecule has 2 bridgehead atoms. The second kappa shape index (κ2) is 7.61. The number of likely N-dealkylation sites (tertiary alicyclic amines) is 2. The van der Waals surface area contributed by atoms with Crippen molar-refractivity contribution in [1.29, 1.82) is 0 Å². The maximum absolute atomic E-state index is 12.9. The highest BCUT2D eigenvalue weighted by atomic mass is 35.5. The molecule has 0 radical (unpaired) electrons. The number of Topliss-reactive ketones (excluding diaryl/α,β-unsaturated/α-hetero) is 1. The van der Waals surface area contributed by atoms with Crippen LogP contribution in [0.5, 0.6) is 0 Å². The maximum atomic E-state index is 12.9. The predicted molar refractivity (Wildman–Crippen MR) is 94.3 cm³/mol. The van der Waals surface area contributed by atoms with Crippen molar-refractivity contribution in [3.63, 3.8) is 0 Å². The van der Waals surface area contributed by atoms with Crippen molar-refractivity contribution in [2.24, 2.45) is 10.8 Å². The van der Waals surface area contributed by atoms with Crippen LogP contribution in [0.25, 0.3) is 0 Å². The van der Waals surface area contributed by atoms with Crippen LogP contribution >= 0.6 is 23.2 Å². The standard InChI is InChI=1S/C17H26Cl2N2O3/c1-16-9-20(13(22)5-3-7-18)11-17(2,15(16)24)12-21(10-16)14(23)6-4-8-19/h3-12H2,1-2H3. The first-order valence-electron chi connectivity index (χ1n) is 8.48. The molecule has 0 aromatic carbocycles. The fourth-order valence-corrected chi connectivity index (χ4v) is 4.28. The van der Waals surface area contributed by atoms with Crippen molar-refractivity contribution in [2.75, 3.05) is 37.9 Å². The van der Waals surface area contributed by atoms with Crippen LogP contribution in [0.1, 0.15) is 39.5 Å². The highest BCUT2D eigenvalue weighted by molar-refractivity contribution is 6.18. The molecule has 0 aromatic heterocycles. The summed E-state index contributed by atoms with van der Waals surface area (Å²) in [4.78, 5) is 41.3. The second-order valence-electron chi connectivity index (χ2n) is 7.54. The van der Waals surface area contributed by atoms with Gasteiger partial charge in [-0.05, 0) is 26.7 Å². The number of hydrogen-bond donors (Lipinski definition) is 0. The number of alkyl halides is 2. The highest BCUT2D eigenvalue weighted by Crippen LogP contribution is 2.42. The van der Waals surface area contributed by atoms with Crippen LogP contribution in [-0.4, -0.2) is 65.3 Å². The molecule has 2 heterocycles. The molecule has 0 atom stereocenters. The van der Waals surface area contributed by atoms with Crippen LogP contribution in [0.2, 0.25) is 0 Å². The molecule has 5 nitrogen and oxygen atoms in total. The summed E-state index contributed by atoms with van der Waals surface area (Å²) < 4.78 is 0. The number of rotatable bonds is 6. The fraction of sp³-hybridized carbons (Fsp3) is 0.824. The number of fused-ring (bicyclic) bond motifs is 2. The van der Waals surface area contributed by atoms with Gasteiger partial charge in [-0.25, -0.2) is 0 Å². The molecule has 24 heavy (non-hydrogen) atoms. The molecule has 136 valence electrons. The molecule has 2 aliphatic heterocycles. The van der Waals surface area contributed by atoms with Gasteiger partial charge in [-0.1, -0.05) is 0 Å². The Morgan fingerprint density at radius 1 is 0.875 bits per heavy atom. The Balaban J connectivity index is 2.15. The van der Waals surface area contributed by atoms with Crippen molar-refractivity contribution in [2.45, 2.75) is 39.5 Å². The van der Waals surface area contributed by atoms with Gasteiger partial charge in [-0.3, -0.25) is 14.4 Å². The van der Waals surface area contributed by atoms with Gasteiger partial charge >= 0.3 is 0 Å². The Hall–Kier alpha value is -0.810. The SMILES string of the molecule is CC12CN(C(=O)CCCCl)CC(C)(CN(C(=O)CCCCl)C1)C2=O. The average Bonchev–Trinajstić information content (AvgIpc) is 2.52. The Kier molecular flexibility index (Phi) is 6.19. The van der Waals surface area contributed by atoms with Crippen molar-refractivity contribution >= 4 is 40.8 Å². The van der Waals surface area contributed by atoms with Crippen LogP contribution in [0.4, 0.5) is 0 Å². The Morgan fingerprint density at radius 3 is 1.50 bits per heavy atom. The number of carbonyl (C=O) groups excluding carboxylic acids is 3. The number of nitrogens with zero attached hydrogens (tertiary/aromatic N) is 2. The topological polar surface area (TPSA) is 57.7 Å². The van der Waals surface area contributed by atoms with Crippen LogP contribution in [-0.2, 0) is 14.4 Å². The van der Waals surface area contributed by atoms with E-state index in [4.69, 9.17) is 23.2 Å². The predicted octanol–water partition coefficient (Wildman–Crippen LogP) is 2.29. The van der Waals surface area contributed by atoms with Crippen LogP contribution in [0.3, 0.4) is 0 Å². The molecule has 7 heteroatoms. The summed E-state index contributed by atoms with van der Waals surface area (Å²) in [5, 5.41) is 0. The molecule has 2 rings (SSSR count). The first-order valence-corrected chi connectivity index (χ1v) is 9.55. The van der Waals surface area contributed by atoms with Gasteiger partial charge in [0.25, 0.3) is 0 Å². The van der Waals surface area contributed by atoms with E-state index in [-0.39, 0.29) is 17.6 Å². The molecule has 2 aliphatic rings. The summed E-state index contributed by atoms with van der Waals surface area (Å²) in [7, 11) is 0. The number of piperidine rings is 2. The lowest BCUT2D eigenvalue weighted by atomic mass is 9.64. The van der Waals surface area contributed by atoms with Gasteiger partial charge in [0.15, 0.2) is 5.78 Å². The molecule has 2 saturated heterocycles. The molecule has 0 spiro atoms. The van der Waals surface area contributed by atoms with E-state index in [2.05, 4.69) is 0 Å². The van der Waals surface area contributed by atoms with E-state index in [1.807, 2.05) is 13.8 Å². The van der Waals surface area contributed by atoms with Gasteiger partial charge in [0, 0.05) is 50.8 Å². The first kappa shape index (κ1) is 19.5. The van der Waals surface area contributed by atoms with Crippen molar-refractivity contribution in [3.8, 4) is 0 Å². The Morgan fingerprint density at radius 2 is 1.21 bits per heavy atom. The van der Waals surface area contributed by atoms with E-state index in [1.54, 1.807) is 9.80 Å². The molecule has 2 amide bonds. The maximum Gasteiger partial charge on any atom is 0.222 e. The summed E-state index contributed by atoms with van der Waals surface area (Å²) in [6, 6.07) is 0. The Bertz CT molecular complexity index is 468. The smallest absolute Gasteiger partial charge is 0.222 e. The second-order valence-corrected chi connectivity index (χ2v) is 8.29. The number of amides is 2. The number of carbonyl (C=O) groups is 3. The van der Waals surface area contributed by atoms with E-state index in [1.165, 1.54) is 0 Å². The van der Waals surface area contributed by atoms with Gasteiger partial charge in [0.2, 0.25) is 11.8 Å². The zero-order valence-corrected chi connectivity index (χ0v) is 16.0. The summed E-state index contributed by atoms with van der Waals surface area (Å²) in [6.07, 6.45) is 2.09. The van der Waals surface area contributed by atoms with Gasteiger partial charge in [-0.2, -0.15) is 0 Å². The molecule has 0 aliphatic carbocycles. The van der Waals surface area contributed by atoms with Gasteiger partial charge < -0.3 is 9.80 Å². The van der Waals surface area contributed by atoms with E-state index >= 15 is 0 Å². The van der Waals surface area contributed by atoms with Crippen molar-refractivity contribution < 1.29 is 14.4 Å². The minimum atomic E-state index is -0.696. The third-order valence-corrected chi connectivity index (χ3v) is 5.54. The number of hydrogen-bond acceptors (Lipinski definition) is 3. The summed E-state index contributed by atoms with van der Waals surface area (Å²) in [5.41, 5.74) is -1.39. The molecule has 2 fully saturated rings. The van der Waals surface area contributed by atoms with Crippen molar-refractivity contribution in [3.05, 3.63) is 0 Å². The molecule has 0 N–H and O–H groups in total. The van der Waals surface area contributed by atoms with Gasteiger partial charge in [-0.15, -0.1) is 23.2 Å². The van der Waals surface area contributed by atoms with E-state index in [0.717, 1.165) is 0 Å². The minimum absolute atomic E-state index is 0.0440. The third-order valence-electron chi connectivity index (χ3n) is 5.01. The summed E-state index contributed by atoms with van der Waals surface area (Å²) in [6.45, 7) is 5.25. The first-order chi connectivity index (χ1) is 11.3. The van der Waals surface area contributed by atoms with Crippen molar-refractivity contribution in [1.82, 2.24) is 9.80 Å². The quantitative estimate of drug-likeness (QED) is 0.668. The molecular formula is C17H26Cl2N2O3. The van der Waals surface area contributed by atoms with E-state index in [9.17, 15) is 14.4 Å². The molecular weight excluding hydrogens is 351 g/mol. The molecule has 0 unspecified atom stereocenters. The monoisotopic (exact) mass is 376 g/mol.